The summed E-state index contributed by atoms with van der Waals surface area (Å²) in [6.45, 7) is 4.91. The summed E-state index contributed by atoms with van der Waals surface area (Å²) in [5.41, 5.74) is 5.31. The van der Waals surface area contributed by atoms with Crippen molar-refractivity contribution < 1.29 is 20.1 Å². The zero-order chi connectivity index (χ0) is 11.3. The molecule has 4 atom stereocenters. The van der Waals surface area contributed by atoms with Crippen LogP contribution in [-0.2, 0) is 4.74 Å². The van der Waals surface area contributed by atoms with Gasteiger partial charge in [-0.3, -0.25) is 0 Å². The van der Waals surface area contributed by atoms with Crippen LogP contribution in [0.4, 0.5) is 0 Å². The summed E-state index contributed by atoms with van der Waals surface area (Å²) in [4.78, 5) is 0. The van der Waals surface area contributed by atoms with E-state index in [-0.39, 0.29) is 12.5 Å². The molecule has 0 heterocycles. The molecule has 0 aliphatic carbocycles. The van der Waals surface area contributed by atoms with E-state index in [1.54, 1.807) is 0 Å². The van der Waals surface area contributed by atoms with Gasteiger partial charge in [-0.25, -0.2) is 0 Å². The maximum Gasteiger partial charge on any atom is 0.129 e. The van der Waals surface area contributed by atoms with E-state index in [2.05, 4.69) is 0 Å². The second kappa shape index (κ2) is 6.31. The predicted molar refractivity (Wildman–Crippen MR) is 52.5 cm³/mol. The fraction of sp³-hybridized carbons (Fsp3) is 1.00. The molecule has 14 heavy (non-hydrogen) atoms. The first-order valence-corrected chi connectivity index (χ1v) is 4.78. The number of hydrogen-bond acceptors (Lipinski definition) is 5. The van der Waals surface area contributed by atoms with Crippen LogP contribution in [0.2, 0.25) is 0 Å². The molecule has 0 saturated carbocycles. The van der Waals surface area contributed by atoms with Crippen molar-refractivity contribution in [2.45, 2.75) is 45.3 Å². The van der Waals surface area contributed by atoms with E-state index >= 15 is 0 Å². The topological polar surface area (TPSA) is 95.9 Å². The van der Waals surface area contributed by atoms with Crippen LogP contribution < -0.4 is 5.73 Å². The average Bonchev–Trinajstić information content (AvgIpc) is 2.03. The smallest absolute Gasteiger partial charge is 0.129 e. The van der Waals surface area contributed by atoms with E-state index < -0.39 is 24.5 Å². The summed E-state index contributed by atoms with van der Waals surface area (Å²) < 4.78 is 5.31. The molecule has 0 aromatic carbocycles. The molecule has 2 unspecified atom stereocenters. The highest BCUT2D eigenvalue weighted by atomic mass is 16.5. The first-order chi connectivity index (χ1) is 6.40. The molecule has 5 N–H and O–H groups in total. The van der Waals surface area contributed by atoms with Crippen LogP contribution >= 0.6 is 0 Å². The van der Waals surface area contributed by atoms with Crippen LogP contribution in [0.5, 0.6) is 0 Å². The van der Waals surface area contributed by atoms with Crippen LogP contribution in [0, 0.1) is 5.92 Å². The lowest BCUT2D eigenvalue weighted by molar-refractivity contribution is -0.140. The fourth-order valence-electron chi connectivity index (χ4n) is 1.14. The molecule has 5 nitrogen and oxygen atoms in total. The van der Waals surface area contributed by atoms with Crippen molar-refractivity contribution in [2.75, 3.05) is 6.61 Å². The minimum Gasteiger partial charge on any atom is -0.394 e. The maximum absolute atomic E-state index is 9.22. The van der Waals surface area contributed by atoms with Gasteiger partial charge in [-0.05, 0) is 12.8 Å². The normalized spacial score (nSPS) is 20.6. The van der Waals surface area contributed by atoms with Gasteiger partial charge in [0.2, 0.25) is 0 Å². The van der Waals surface area contributed by atoms with E-state index in [0.717, 1.165) is 0 Å². The number of aliphatic hydroxyl groups is 3. The van der Waals surface area contributed by atoms with Crippen LogP contribution in [0.3, 0.4) is 0 Å². The van der Waals surface area contributed by atoms with Gasteiger partial charge in [0.05, 0.1) is 18.8 Å². The van der Waals surface area contributed by atoms with E-state index in [9.17, 15) is 10.2 Å². The van der Waals surface area contributed by atoms with Gasteiger partial charge in [0.15, 0.2) is 0 Å². The zero-order valence-electron chi connectivity index (χ0n) is 8.92. The fourth-order valence-corrected chi connectivity index (χ4v) is 1.14. The summed E-state index contributed by atoms with van der Waals surface area (Å²) in [7, 11) is 0. The Labute approximate surface area is 84.5 Å². The van der Waals surface area contributed by atoms with Gasteiger partial charge >= 0.3 is 0 Å². The zero-order valence-corrected chi connectivity index (χ0v) is 8.92. The molecule has 0 spiro atoms. The Kier molecular flexibility index (Phi) is 6.22. The van der Waals surface area contributed by atoms with Gasteiger partial charge in [-0.15, -0.1) is 0 Å². The van der Waals surface area contributed by atoms with Gasteiger partial charge in [0, 0.05) is 0 Å². The van der Waals surface area contributed by atoms with Crippen LogP contribution in [-0.4, -0.2) is 46.5 Å². The molecule has 0 fully saturated rings. The van der Waals surface area contributed by atoms with Crippen molar-refractivity contribution in [3.8, 4) is 0 Å². The van der Waals surface area contributed by atoms with Gasteiger partial charge in [-0.1, -0.05) is 13.8 Å². The van der Waals surface area contributed by atoms with Crippen molar-refractivity contribution in [3.05, 3.63) is 0 Å². The van der Waals surface area contributed by atoms with Crippen molar-refractivity contribution >= 4 is 0 Å². The summed E-state index contributed by atoms with van der Waals surface area (Å²) >= 11 is 0. The number of aliphatic hydroxyl groups excluding tert-OH is 3. The molecule has 5 heteroatoms. The van der Waals surface area contributed by atoms with Gasteiger partial charge < -0.3 is 25.8 Å². The number of hydrogen-bond donors (Lipinski definition) is 4. The highest BCUT2D eigenvalue weighted by Gasteiger charge is 2.26. The molecule has 0 bridgehead atoms. The molecular weight excluding hydrogens is 186 g/mol. The number of nitrogens with two attached hydrogens (primary N) is 1. The summed E-state index contributed by atoms with van der Waals surface area (Å²) in [6.07, 6.45) is -3.19. The predicted octanol–water partition coefficient (Wildman–Crippen LogP) is -0.954. The van der Waals surface area contributed by atoms with Crippen molar-refractivity contribution in [3.63, 3.8) is 0 Å². The molecule has 0 aromatic rings. The lowest BCUT2D eigenvalue weighted by Crippen LogP contribution is -2.45. The quantitative estimate of drug-likeness (QED) is 0.421. The van der Waals surface area contributed by atoms with Gasteiger partial charge in [-0.2, -0.15) is 0 Å². The summed E-state index contributed by atoms with van der Waals surface area (Å²) in [5, 5.41) is 27.3. The van der Waals surface area contributed by atoms with Crippen LogP contribution in [0.1, 0.15) is 20.8 Å². The Morgan fingerprint density at radius 2 is 1.71 bits per heavy atom. The Morgan fingerprint density at radius 1 is 1.21 bits per heavy atom. The molecule has 0 aromatic heterocycles. The Balaban J connectivity index is 4.26. The third-order valence-corrected chi connectivity index (χ3v) is 2.04. The Morgan fingerprint density at radius 3 is 1.93 bits per heavy atom. The number of ether oxygens (including phenoxy) is 1. The highest BCUT2D eigenvalue weighted by Crippen LogP contribution is 2.13. The third-order valence-electron chi connectivity index (χ3n) is 2.04. The third kappa shape index (κ3) is 4.34. The second-order valence-corrected chi connectivity index (χ2v) is 3.80. The Hall–Kier alpha value is -0.200. The molecule has 0 saturated heterocycles. The van der Waals surface area contributed by atoms with E-state index in [1.165, 1.54) is 6.92 Å². The molecule has 86 valence electrons. The molecule has 0 rings (SSSR count). The summed E-state index contributed by atoms with van der Waals surface area (Å²) in [5.74, 6) is 0.0165. The molecular formula is C9H21NO4. The van der Waals surface area contributed by atoms with Crippen LogP contribution in [0.25, 0.3) is 0 Å². The van der Waals surface area contributed by atoms with E-state index in [4.69, 9.17) is 15.6 Å². The van der Waals surface area contributed by atoms with Gasteiger partial charge in [0.1, 0.15) is 12.3 Å². The lowest BCUT2D eigenvalue weighted by Gasteiger charge is -2.29. The van der Waals surface area contributed by atoms with Crippen molar-refractivity contribution in [2.24, 2.45) is 11.7 Å². The monoisotopic (exact) mass is 207 g/mol. The molecule has 0 radical (unpaired) electrons. The first kappa shape index (κ1) is 13.8. The number of rotatable bonds is 6. The lowest BCUT2D eigenvalue weighted by atomic mass is 10.1. The SMILES string of the molecule is CC(C)C(OC(CO)[C@H](C)O)[C@@H](N)O. The Bertz CT molecular complexity index is 142. The molecule has 0 aliphatic rings. The highest BCUT2D eigenvalue weighted by molar-refractivity contribution is 4.72. The second-order valence-electron chi connectivity index (χ2n) is 3.80. The van der Waals surface area contributed by atoms with E-state index in [1.807, 2.05) is 13.8 Å². The maximum atomic E-state index is 9.22. The van der Waals surface area contributed by atoms with Crippen molar-refractivity contribution in [1.82, 2.24) is 0 Å². The first-order valence-electron chi connectivity index (χ1n) is 4.78. The standard InChI is InChI=1S/C9H21NO4/c1-5(2)8(9(10)13)14-7(4-11)6(3)12/h5-9,11-13H,4,10H2,1-3H3/t6-,7?,8?,9-/m0/s1. The molecule has 0 aliphatic heterocycles. The average molecular weight is 207 g/mol. The minimum atomic E-state index is -1.11. The van der Waals surface area contributed by atoms with Crippen LogP contribution in [0.15, 0.2) is 0 Å². The minimum absolute atomic E-state index is 0.0165. The van der Waals surface area contributed by atoms with E-state index in [0.29, 0.717) is 0 Å². The van der Waals surface area contributed by atoms with Crippen molar-refractivity contribution in [1.29, 1.82) is 0 Å². The molecule has 0 amide bonds. The summed E-state index contributed by atoms with van der Waals surface area (Å²) in [6, 6.07) is 0. The van der Waals surface area contributed by atoms with Gasteiger partial charge in [0.25, 0.3) is 0 Å². The largest absolute Gasteiger partial charge is 0.394 e.